The number of rotatable bonds is 8. The molecule has 0 aromatic heterocycles. The summed E-state index contributed by atoms with van der Waals surface area (Å²) in [6.07, 6.45) is 3.55. The molecule has 1 aliphatic rings. The highest BCUT2D eigenvalue weighted by Gasteiger charge is 2.26. The molecule has 1 aliphatic carbocycles. The van der Waals surface area contributed by atoms with Crippen LogP contribution in [0.3, 0.4) is 0 Å². The molecule has 0 heterocycles. The first-order valence-corrected chi connectivity index (χ1v) is 6.91. The molecule has 114 valence electrons. The minimum Gasteiger partial charge on any atom is -0.481 e. The average Bonchev–Trinajstić information content (AvgIpc) is 2.24. The molecule has 7 nitrogen and oxygen atoms in total. The second-order valence-corrected chi connectivity index (χ2v) is 5.27. The van der Waals surface area contributed by atoms with E-state index in [0.717, 1.165) is 12.8 Å². The van der Waals surface area contributed by atoms with Crippen molar-refractivity contribution in [2.75, 3.05) is 0 Å². The molecule has 20 heavy (non-hydrogen) atoms. The summed E-state index contributed by atoms with van der Waals surface area (Å²) in [7, 11) is 0. The van der Waals surface area contributed by atoms with Crippen LogP contribution in [-0.4, -0.2) is 40.3 Å². The van der Waals surface area contributed by atoms with Gasteiger partial charge in [-0.3, -0.25) is 4.79 Å². The second kappa shape index (κ2) is 7.72. The van der Waals surface area contributed by atoms with Crippen molar-refractivity contribution in [3.8, 4) is 0 Å². The monoisotopic (exact) mass is 286 g/mol. The molecule has 0 aromatic carbocycles. The fraction of sp³-hybridized carbons (Fsp3) is 0.769. The number of amides is 2. The Morgan fingerprint density at radius 2 is 1.85 bits per heavy atom. The van der Waals surface area contributed by atoms with Crippen LogP contribution in [-0.2, 0) is 9.59 Å². The van der Waals surface area contributed by atoms with Crippen molar-refractivity contribution < 1.29 is 24.6 Å². The molecule has 7 heteroatoms. The quantitative estimate of drug-likeness (QED) is 0.535. The van der Waals surface area contributed by atoms with E-state index in [0.29, 0.717) is 5.92 Å². The fourth-order valence-corrected chi connectivity index (χ4v) is 2.18. The lowest BCUT2D eigenvalue weighted by molar-refractivity contribution is -0.140. The summed E-state index contributed by atoms with van der Waals surface area (Å²) in [5, 5.41) is 22.6. The van der Waals surface area contributed by atoms with Crippen LogP contribution in [0.25, 0.3) is 0 Å². The summed E-state index contributed by atoms with van der Waals surface area (Å²) in [6, 6.07) is -1.53. The Balaban J connectivity index is 2.33. The molecule has 0 spiro atoms. The normalized spacial score (nSPS) is 17.6. The molecule has 0 bridgehead atoms. The van der Waals surface area contributed by atoms with Crippen LogP contribution in [0.1, 0.15) is 45.4 Å². The maximum Gasteiger partial charge on any atom is 0.326 e. The molecule has 0 aliphatic heterocycles. The van der Waals surface area contributed by atoms with Crippen LogP contribution >= 0.6 is 0 Å². The van der Waals surface area contributed by atoms with Gasteiger partial charge in [0.1, 0.15) is 6.04 Å². The highest BCUT2D eigenvalue weighted by molar-refractivity contribution is 5.82. The van der Waals surface area contributed by atoms with Crippen molar-refractivity contribution >= 4 is 18.0 Å². The molecule has 1 saturated carbocycles. The average molecular weight is 286 g/mol. The van der Waals surface area contributed by atoms with Gasteiger partial charge in [-0.05, 0) is 38.5 Å². The molecule has 0 aromatic rings. The summed E-state index contributed by atoms with van der Waals surface area (Å²) in [4.78, 5) is 33.1. The lowest BCUT2D eigenvalue weighted by Gasteiger charge is -2.32. The van der Waals surface area contributed by atoms with Gasteiger partial charge in [0.05, 0.1) is 0 Å². The van der Waals surface area contributed by atoms with Gasteiger partial charge in [-0.25, -0.2) is 9.59 Å². The summed E-state index contributed by atoms with van der Waals surface area (Å²) >= 11 is 0. The molecular formula is C13H22N2O5. The van der Waals surface area contributed by atoms with E-state index in [1.54, 1.807) is 0 Å². The Hall–Kier alpha value is -1.79. The van der Waals surface area contributed by atoms with Gasteiger partial charge >= 0.3 is 18.0 Å². The molecule has 2 atom stereocenters. The van der Waals surface area contributed by atoms with Crippen LogP contribution in [0, 0.1) is 5.92 Å². The standard InChI is InChI=1S/C13H22N2O5/c1-8(9-4-2-5-9)14-13(20)15-10(12(18)19)6-3-7-11(16)17/h8-10H,2-7H2,1H3,(H,16,17)(H,18,19)(H2,14,15,20)/t8?,10-/m1/s1. The number of nitrogens with one attached hydrogen (secondary N) is 2. The van der Waals surface area contributed by atoms with Gasteiger partial charge in [0.25, 0.3) is 0 Å². The fourth-order valence-electron chi connectivity index (χ4n) is 2.18. The minimum absolute atomic E-state index is 0.0252. The SMILES string of the molecule is CC(NC(=O)N[C@H](CCCC(=O)O)C(=O)O)C1CCC1. The minimum atomic E-state index is -1.15. The number of carboxylic acids is 2. The van der Waals surface area contributed by atoms with E-state index >= 15 is 0 Å². The van der Waals surface area contributed by atoms with Gasteiger partial charge in [-0.2, -0.15) is 0 Å². The van der Waals surface area contributed by atoms with Crippen molar-refractivity contribution in [1.82, 2.24) is 10.6 Å². The molecule has 4 N–H and O–H groups in total. The number of carbonyl (C=O) groups excluding carboxylic acids is 1. The van der Waals surface area contributed by atoms with E-state index in [4.69, 9.17) is 10.2 Å². The third kappa shape index (κ3) is 5.46. The maximum atomic E-state index is 11.7. The number of urea groups is 1. The first-order valence-electron chi connectivity index (χ1n) is 6.91. The number of hydrogen-bond acceptors (Lipinski definition) is 3. The highest BCUT2D eigenvalue weighted by atomic mass is 16.4. The van der Waals surface area contributed by atoms with Gasteiger partial charge in [0, 0.05) is 12.5 Å². The predicted octanol–water partition coefficient (Wildman–Crippen LogP) is 1.18. The molecule has 1 unspecified atom stereocenters. The summed E-state index contributed by atoms with van der Waals surface area (Å²) in [5.41, 5.74) is 0. The van der Waals surface area contributed by atoms with E-state index in [9.17, 15) is 14.4 Å². The Labute approximate surface area is 117 Å². The van der Waals surface area contributed by atoms with Crippen molar-refractivity contribution in [2.24, 2.45) is 5.92 Å². The van der Waals surface area contributed by atoms with Crippen LogP contribution in [0.5, 0.6) is 0 Å². The lowest BCUT2D eigenvalue weighted by Crippen LogP contribution is -2.50. The van der Waals surface area contributed by atoms with Crippen molar-refractivity contribution in [3.63, 3.8) is 0 Å². The zero-order valence-electron chi connectivity index (χ0n) is 11.6. The van der Waals surface area contributed by atoms with Crippen molar-refractivity contribution in [3.05, 3.63) is 0 Å². The maximum absolute atomic E-state index is 11.7. The van der Waals surface area contributed by atoms with Crippen LogP contribution in [0.2, 0.25) is 0 Å². The predicted molar refractivity (Wildman–Crippen MR) is 71.4 cm³/mol. The molecule has 2 amide bonds. The second-order valence-electron chi connectivity index (χ2n) is 5.27. The largest absolute Gasteiger partial charge is 0.481 e. The Kier molecular flexibility index (Phi) is 6.27. The van der Waals surface area contributed by atoms with Gasteiger partial charge in [0.15, 0.2) is 0 Å². The van der Waals surface area contributed by atoms with E-state index < -0.39 is 24.0 Å². The lowest BCUT2D eigenvalue weighted by atomic mass is 9.80. The Bertz CT molecular complexity index is 368. The third-order valence-corrected chi connectivity index (χ3v) is 3.70. The van der Waals surface area contributed by atoms with Crippen molar-refractivity contribution in [1.29, 1.82) is 0 Å². The topological polar surface area (TPSA) is 116 Å². The van der Waals surface area contributed by atoms with Crippen LogP contribution in [0.15, 0.2) is 0 Å². The van der Waals surface area contributed by atoms with Gasteiger partial charge in [0.2, 0.25) is 0 Å². The molecular weight excluding hydrogens is 264 g/mol. The molecule has 1 rings (SSSR count). The Morgan fingerprint density at radius 1 is 1.20 bits per heavy atom. The van der Waals surface area contributed by atoms with E-state index in [1.165, 1.54) is 6.42 Å². The van der Waals surface area contributed by atoms with E-state index in [2.05, 4.69) is 10.6 Å². The zero-order chi connectivity index (χ0) is 15.1. The van der Waals surface area contributed by atoms with Crippen LogP contribution in [0.4, 0.5) is 4.79 Å². The van der Waals surface area contributed by atoms with Gasteiger partial charge < -0.3 is 20.8 Å². The first kappa shape index (κ1) is 16.3. The number of hydrogen-bond donors (Lipinski definition) is 4. The summed E-state index contributed by atoms with van der Waals surface area (Å²) in [5.74, 6) is -1.66. The third-order valence-electron chi connectivity index (χ3n) is 3.70. The van der Waals surface area contributed by atoms with E-state index in [1.807, 2.05) is 6.92 Å². The van der Waals surface area contributed by atoms with Gasteiger partial charge in [-0.1, -0.05) is 6.42 Å². The number of aliphatic carboxylic acids is 2. The molecule has 0 radical (unpaired) electrons. The smallest absolute Gasteiger partial charge is 0.326 e. The number of carboxylic acid groups (broad SMARTS) is 2. The summed E-state index contributed by atoms with van der Waals surface area (Å²) < 4.78 is 0. The number of carbonyl (C=O) groups is 3. The van der Waals surface area contributed by atoms with Crippen LogP contribution < -0.4 is 10.6 Å². The molecule has 0 saturated heterocycles. The highest BCUT2D eigenvalue weighted by Crippen LogP contribution is 2.29. The van der Waals surface area contributed by atoms with Crippen molar-refractivity contribution in [2.45, 2.75) is 57.5 Å². The van der Waals surface area contributed by atoms with Gasteiger partial charge in [-0.15, -0.1) is 0 Å². The van der Waals surface area contributed by atoms with E-state index in [-0.39, 0.29) is 25.3 Å². The zero-order valence-corrected chi connectivity index (χ0v) is 11.6. The molecule has 1 fully saturated rings. The first-order chi connectivity index (χ1) is 9.40. The Morgan fingerprint density at radius 3 is 2.30 bits per heavy atom. The summed E-state index contributed by atoms with van der Waals surface area (Å²) in [6.45, 7) is 1.91.